The van der Waals surface area contributed by atoms with Crippen LogP contribution in [0.15, 0.2) is 36.1 Å². The van der Waals surface area contributed by atoms with E-state index in [2.05, 4.69) is 10.3 Å². The summed E-state index contributed by atoms with van der Waals surface area (Å²) < 4.78 is 0.625. The van der Waals surface area contributed by atoms with Crippen molar-refractivity contribution in [2.75, 3.05) is 5.32 Å². The normalized spacial score (nSPS) is 9.87. The van der Waals surface area contributed by atoms with Crippen LogP contribution in [0.2, 0.25) is 0 Å². The van der Waals surface area contributed by atoms with Gasteiger partial charge >= 0.3 is 0 Å². The Hall–Kier alpha value is -1.95. The van der Waals surface area contributed by atoms with Crippen LogP contribution < -0.4 is 10.0 Å². The molecule has 2 rings (SSSR count). The molecule has 15 heavy (non-hydrogen) atoms. The van der Waals surface area contributed by atoms with Crippen molar-refractivity contribution in [2.24, 2.45) is 0 Å². The zero-order valence-electron chi connectivity index (χ0n) is 7.58. The second-order valence-corrected chi connectivity index (χ2v) is 3.63. The zero-order chi connectivity index (χ0) is 10.7. The molecule has 0 saturated heterocycles. The Kier molecular flexibility index (Phi) is 2.59. The van der Waals surface area contributed by atoms with E-state index in [9.17, 15) is 10.0 Å². The minimum absolute atomic E-state index is 0.273. The Morgan fingerprint density at radius 2 is 2.20 bits per heavy atom. The Morgan fingerprint density at radius 3 is 2.80 bits per heavy atom. The van der Waals surface area contributed by atoms with Gasteiger partial charge in [0.05, 0.1) is 5.56 Å². The fraction of sp³-hybridized carbons (Fsp3) is 0. The third kappa shape index (κ3) is 2.29. The predicted molar refractivity (Wildman–Crippen MR) is 55.5 cm³/mol. The number of hydrogen-bond acceptors (Lipinski definition) is 4. The summed E-state index contributed by atoms with van der Waals surface area (Å²) in [5.41, 5.74) is 0.428. The maximum atomic E-state index is 11.6. The first-order chi connectivity index (χ1) is 7.25. The fourth-order valence-corrected chi connectivity index (χ4v) is 1.54. The first-order valence-electron chi connectivity index (χ1n) is 4.15. The Morgan fingerprint density at radius 1 is 1.47 bits per heavy atom. The summed E-state index contributed by atoms with van der Waals surface area (Å²) in [4.78, 5) is 15.5. The number of rotatable bonds is 2. The van der Waals surface area contributed by atoms with Crippen LogP contribution >= 0.6 is 11.3 Å². The predicted octanol–water partition coefficient (Wildman–Crippen LogP) is 1.03. The lowest BCUT2D eigenvalue weighted by Gasteiger charge is -2.00. The van der Waals surface area contributed by atoms with Crippen molar-refractivity contribution in [1.29, 1.82) is 0 Å². The molecule has 6 heteroatoms. The van der Waals surface area contributed by atoms with Crippen LogP contribution in [0.4, 0.5) is 5.13 Å². The molecule has 1 N–H and O–H groups in total. The van der Waals surface area contributed by atoms with Gasteiger partial charge in [0.1, 0.15) is 0 Å². The first-order valence-corrected chi connectivity index (χ1v) is 5.03. The standard InChI is InChI=1S/C9H7N3O2S/c13-8(11-9-10-3-6-15-9)7-1-4-12(14)5-2-7/h1-6H,(H,10,11,13). The highest BCUT2D eigenvalue weighted by Gasteiger charge is 2.07. The molecule has 0 radical (unpaired) electrons. The van der Waals surface area contributed by atoms with Crippen LogP contribution in [0.3, 0.4) is 0 Å². The SMILES string of the molecule is O=C(Nc1nccs1)c1cc[n+]([O-])cc1. The van der Waals surface area contributed by atoms with Gasteiger partial charge < -0.3 is 5.21 Å². The molecule has 0 unspecified atom stereocenters. The number of anilines is 1. The number of aromatic nitrogens is 2. The van der Waals surface area contributed by atoms with Crippen molar-refractivity contribution in [1.82, 2.24) is 4.98 Å². The molecule has 0 atom stereocenters. The smallest absolute Gasteiger partial charge is 0.257 e. The average Bonchev–Trinajstić information content (AvgIpc) is 2.71. The molecule has 0 aromatic carbocycles. The zero-order valence-corrected chi connectivity index (χ0v) is 8.40. The molecular weight excluding hydrogens is 214 g/mol. The van der Waals surface area contributed by atoms with Crippen molar-refractivity contribution in [3.05, 3.63) is 46.9 Å². The van der Waals surface area contributed by atoms with E-state index in [4.69, 9.17) is 0 Å². The Bertz CT molecular complexity index is 453. The van der Waals surface area contributed by atoms with Crippen molar-refractivity contribution < 1.29 is 9.52 Å². The van der Waals surface area contributed by atoms with Gasteiger partial charge in [0.2, 0.25) is 0 Å². The molecule has 1 amide bonds. The Balaban J connectivity index is 2.11. The minimum atomic E-state index is -0.273. The summed E-state index contributed by atoms with van der Waals surface area (Å²) in [6.07, 6.45) is 4.16. The van der Waals surface area contributed by atoms with Crippen molar-refractivity contribution >= 4 is 22.4 Å². The van der Waals surface area contributed by atoms with E-state index < -0.39 is 0 Å². The first kappa shape index (κ1) is 9.60. The van der Waals surface area contributed by atoms with Crippen molar-refractivity contribution in [3.63, 3.8) is 0 Å². The van der Waals surface area contributed by atoms with Gasteiger partial charge in [-0.15, -0.1) is 11.3 Å². The lowest BCUT2D eigenvalue weighted by molar-refractivity contribution is -0.605. The summed E-state index contributed by atoms with van der Waals surface area (Å²) in [7, 11) is 0. The monoisotopic (exact) mass is 221 g/mol. The summed E-state index contributed by atoms with van der Waals surface area (Å²) >= 11 is 1.34. The van der Waals surface area contributed by atoms with Crippen LogP contribution in [-0.4, -0.2) is 10.9 Å². The molecule has 76 valence electrons. The molecule has 5 nitrogen and oxygen atoms in total. The number of hydrogen-bond donors (Lipinski definition) is 1. The van der Waals surface area contributed by atoms with Crippen molar-refractivity contribution in [3.8, 4) is 0 Å². The lowest BCUT2D eigenvalue weighted by atomic mass is 10.2. The van der Waals surface area contributed by atoms with E-state index in [0.29, 0.717) is 15.4 Å². The number of amides is 1. The van der Waals surface area contributed by atoms with Crippen LogP contribution in [-0.2, 0) is 0 Å². The molecule has 0 aliphatic heterocycles. The van der Waals surface area contributed by atoms with Gasteiger partial charge in [-0.3, -0.25) is 10.1 Å². The van der Waals surface area contributed by atoms with E-state index in [1.807, 2.05) is 0 Å². The van der Waals surface area contributed by atoms with Gasteiger partial charge in [-0.25, -0.2) is 4.98 Å². The molecule has 2 heterocycles. The van der Waals surface area contributed by atoms with Gasteiger partial charge in [0.25, 0.3) is 5.91 Å². The van der Waals surface area contributed by atoms with E-state index in [-0.39, 0.29) is 5.91 Å². The fourth-order valence-electron chi connectivity index (χ4n) is 1.02. The van der Waals surface area contributed by atoms with Crippen LogP contribution in [0, 0.1) is 5.21 Å². The van der Waals surface area contributed by atoms with E-state index in [1.54, 1.807) is 11.6 Å². The van der Waals surface area contributed by atoms with Gasteiger partial charge in [-0.1, -0.05) is 0 Å². The van der Waals surface area contributed by atoms with Crippen LogP contribution in [0.5, 0.6) is 0 Å². The third-order valence-corrected chi connectivity index (χ3v) is 2.41. The highest BCUT2D eigenvalue weighted by Crippen LogP contribution is 2.11. The van der Waals surface area contributed by atoms with E-state index in [0.717, 1.165) is 0 Å². The molecule has 0 fully saturated rings. The van der Waals surface area contributed by atoms with Crippen molar-refractivity contribution in [2.45, 2.75) is 0 Å². The topological polar surface area (TPSA) is 68.9 Å². The van der Waals surface area contributed by atoms with Gasteiger partial charge in [-0.05, 0) is 0 Å². The maximum absolute atomic E-state index is 11.6. The molecular formula is C9H7N3O2S. The lowest BCUT2D eigenvalue weighted by Crippen LogP contribution is -2.25. The quantitative estimate of drug-likeness (QED) is 0.608. The van der Waals surface area contributed by atoms with Crippen LogP contribution in [0.25, 0.3) is 0 Å². The third-order valence-electron chi connectivity index (χ3n) is 1.72. The van der Waals surface area contributed by atoms with Gasteiger partial charge in [0.15, 0.2) is 17.5 Å². The molecule has 0 bridgehead atoms. The summed E-state index contributed by atoms with van der Waals surface area (Å²) in [6.45, 7) is 0. The second kappa shape index (κ2) is 4.05. The molecule has 0 saturated carbocycles. The Labute approximate surface area is 89.6 Å². The number of thiazole rings is 1. The van der Waals surface area contributed by atoms with Crippen LogP contribution in [0.1, 0.15) is 10.4 Å². The maximum Gasteiger partial charge on any atom is 0.257 e. The van der Waals surface area contributed by atoms with Gasteiger partial charge in [-0.2, -0.15) is 4.73 Å². The number of carbonyl (C=O) groups is 1. The molecule has 0 aliphatic carbocycles. The van der Waals surface area contributed by atoms with E-state index >= 15 is 0 Å². The largest absolute Gasteiger partial charge is 0.619 e. The summed E-state index contributed by atoms with van der Waals surface area (Å²) in [6, 6.07) is 2.91. The number of carbonyl (C=O) groups excluding carboxylic acids is 1. The summed E-state index contributed by atoms with van der Waals surface area (Å²) in [5, 5.41) is 15.7. The summed E-state index contributed by atoms with van der Waals surface area (Å²) in [5.74, 6) is -0.273. The minimum Gasteiger partial charge on any atom is -0.619 e. The molecule has 2 aromatic heterocycles. The number of pyridine rings is 1. The van der Waals surface area contributed by atoms with E-state index in [1.165, 1.54) is 35.9 Å². The second-order valence-electron chi connectivity index (χ2n) is 2.74. The van der Waals surface area contributed by atoms with Gasteiger partial charge in [0, 0.05) is 23.7 Å². The molecule has 0 spiro atoms. The molecule has 2 aromatic rings. The highest BCUT2D eigenvalue weighted by molar-refractivity contribution is 7.13. The number of nitrogens with zero attached hydrogens (tertiary/aromatic N) is 2. The highest BCUT2D eigenvalue weighted by atomic mass is 32.1. The molecule has 0 aliphatic rings. The number of nitrogens with one attached hydrogen (secondary N) is 1. The average molecular weight is 221 g/mol.